The number of anilines is 3. The fourth-order valence-electron chi connectivity index (χ4n) is 8.82. The van der Waals surface area contributed by atoms with Crippen molar-refractivity contribution in [2.75, 3.05) is 4.90 Å². The van der Waals surface area contributed by atoms with Gasteiger partial charge < -0.3 is 13.7 Å². The predicted octanol–water partition coefficient (Wildman–Crippen LogP) is 15.1. The Hall–Kier alpha value is -7.69. The SMILES string of the molecule is c1ccc(-c2cccc(N(c3ccc4c(c3)oc3cccc(-c5nc6ccc7ccccc7c6o5)c34)c3cccc4c3ccc3c5ccccc5ccc43)c2)cc1. The highest BCUT2D eigenvalue weighted by Gasteiger charge is 2.22. The molecule has 57 heavy (non-hydrogen) atoms. The first kappa shape index (κ1) is 31.6. The summed E-state index contributed by atoms with van der Waals surface area (Å²) in [4.78, 5) is 7.34. The summed E-state index contributed by atoms with van der Waals surface area (Å²) in [7, 11) is 0. The maximum absolute atomic E-state index is 6.70. The highest BCUT2D eigenvalue weighted by molar-refractivity contribution is 6.20. The Morgan fingerprint density at radius 1 is 0.386 bits per heavy atom. The Balaban J connectivity index is 1.06. The Labute approximate surface area is 327 Å². The van der Waals surface area contributed by atoms with Crippen LogP contribution >= 0.6 is 0 Å². The van der Waals surface area contributed by atoms with Gasteiger partial charge >= 0.3 is 0 Å². The van der Waals surface area contributed by atoms with Crippen molar-refractivity contribution in [1.82, 2.24) is 4.98 Å². The second-order valence-electron chi connectivity index (χ2n) is 14.7. The first-order valence-electron chi connectivity index (χ1n) is 19.3. The molecule has 12 rings (SSSR count). The van der Waals surface area contributed by atoms with Gasteiger partial charge in [0, 0.05) is 44.5 Å². The van der Waals surface area contributed by atoms with Crippen LogP contribution in [0.2, 0.25) is 0 Å². The molecule has 2 heterocycles. The third kappa shape index (κ3) is 4.98. The smallest absolute Gasteiger partial charge is 0.228 e. The summed E-state index contributed by atoms with van der Waals surface area (Å²) in [5, 5.41) is 11.5. The van der Waals surface area contributed by atoms with Crippen molar-refractivity contribution in [3.63, 3.8) is 0 Å². The van der Waals surface area contributed by atoms with Crippen LogP contribution in [0.25, 0.3) is 98.7 Å². The van der Waals surface area contributed by atoms with E-state index in [2.05, 4.69) is 169 Å². The Kier molecular flexibility index (Phi) is 6.89. The van der Waals surface area contributed by atoms with Crippen LogP contribution in [0.4, 0.5) is 17.1 Å². The van der Waals surface area contributed by atoms with Gasteiger partial charge in [-0.1, -0.05) is 140 Å². The zero-order chi connectivity index (χ0) is 37.5. The van der Waals surface area contributed by atoms with Crippen molar-refractivity contribution in [1.29, 1.82) is 0 Å². The van der Waals surface area contributed by atoms with Crippen molar-refractivity contribution in [2.45, 2.75) is 0 Å². The standard InChI is InChI=1S/C53H32N2O2/c1-2-11-33(12-3-1)36-15-8-16-37(31-36)55(48-21-9-19-41-43-26-23-34-13-4-6-17-39(34)42(43)28-29-44(41)48)38-25-27-45-50(32-38)56-49-22-10-20-46(51(45)49)53-54-47-30-24-35-14-5-7-18-40(35)52(47)57-53/h1-32H. The first-order valence-corrected chi connectivity index (χ1v) is 19.3. The van der Waals surface area contributed by atoms with Crippen molar-refractivity contribution < 1.29 is 8.83 Å². The number of nitrogens with zero attached hydrogens (tertiary/aromatic N) is 2. The van der Waals surface area contributed by atoms with Gasteiger partial charge in [-0.3, -0.25) is 0 Å². The molecule has 10 aromatic carbocycles. The van der Waals surface area contributed by atoms with Crippen LogP contribution < -0.4 is 4.90 Å². The third-order valence-electron chi connectivity index (χ3n) is 11.5. The van der Waals surface area contributed by atoms with Crippen molar-refractivity contribution in [3.8, 4) is 22.6 Å². The van der Waals surface area contributed by atoms with Crippen LogP contribution in [-0.2, 0) is 0 Å². The van der Waals surface area contributed by atoms with Crippen LogP contribution in [0.3, 0.4) is 0 Å². The molecule has 0 aliphatic rings. The van der Waals surface area contributed by atoms with Gasteiger partial charge in [0.25, 0.3) is 0 Å². The highest BCUT2D eigenvalue weighted by Crippen LogP contribution is 2.45. The minimum Gasteiger partial charge on any atom is -0.456 e. The lowest BCUT2D eigenvalue weighted by Crippen LogP contribution is -2.10. The second-order valence-corrected chi connectivity index (χ2v) is 14.7. The summed E-state index contributed by atoms with van der Waals surface area (Å²) < 4.78 is 13.3. The van der Waals surface area contributed by atoms with E-state index < -0.39 is 0 Å². The van der Waals surface area contributed by atoms with Crippen molar-refractivity contribution in [3.05, 3.63) is 194 Å². The van der Waals surface area contributed by atoms with Gasteiger partial charge in [0.15, 0.2) is 5.58 Å². The third-order valence-corrected chi connectivity index (χ3v) is 11.5. The number of furan rings is 1. The lowest BCUT2D eigenvalue weighted by Gasteiger charge is -2.27. The van der Waals surface area contributed by atoms with E-state index in [4.69, 9.17) is 13.8 Å². The van der Waals surface area contributed by atoms with E-state index in [0.29, 0.717) is 5.89 Å². The fourth-order valence-corrected chi connectivity index (χ4v) is 8.82. The maximum Gasteiger partial charge on any atom is 0.228 e. The number of fused-ring (bicyclic) bond motifs is 11. The van der Waals surface area contributed by atoms with Crippen LogP contribution in [0.15, 0.2) is 203 Å². The number of benzene rings is 10. The van der Waals surface area contributed by atoms with Crippen LogP contribution in [0, 0.1) is 0 Å². The van der Waals surface area contributed by atoms with E-state index >= 15 is 0 Å². The number of hydrogen-bond donors (Lipinski definition) is 0. The largest absolute Gasteiger partial charge is 0.456 e. The molecule has 4 nitrogen and oxygen atoms in total. The summed E-state index contributed by atoms with van der Waals surface area (Å²) in [5.74, 6) is 0.578. The van der Waals surface area contributed by atoms with Gasteiger partial charge in [0.2, 0.25) is 5.89 Å². The molecule has 0 fully saturated rings. The van der Waals surface area contributed by atoms with E-state index in [-0.39, 0.29) is 0 Å². The van der Waals surface area contributed by atoms with Gasteiger partial charge in [0.05, 0.1) is 5.69 Å². The Morgan fingerprint density at radius 3 is 1.95 bits per heavy atom. The maximum atomic E-state index is 6.70. The van der Waals surface area contributed by atoms with E-state index in [1.165, 1.54) is 37.9 Å². The molecule has 2 aromatic heterocycles. The Morgan fingerprint density at radius 2 is 1.04 bits per heavy atom. The average Bonchev–Trinajstić information content (AvgIpc) is 3.89. The molecule has 0 aliphatic heterocycles. The molecule has 0 unspecified atom stereocenters. The molecule has 4 heteroatoms. The summed E-state index contributed by atoms with van der Waals surface area (Å²) in [5.41, 5.74) is 9.55. The normalized spacial score (nSPS) is 11.9. The van der Waals surface area contributed by atoms with Gasteiger partial charge in [-0.2, -0.15) is 0 Å². The fraction of sp³-hybridized carbons (Fsp3) is 0. The van der Waals surface area contributed by atoms with Gasteiger partial charge in [0.1, 0.15) is 16.7 Å². The molecule has 0 N–H and O–H groups in total. The number of aromatic nitrogens is 1. The van der Waals surface area contributed by atoms with Crippen molar-refractivity contribution in [2.24, 2.45) is 0 Å². The molecule has 0 atom stereocenters. The molecule has 0 amide bonds. The summed E-state index contributed by atoms with van der Waals surface area (Å²) in [6, 6.07) is 68.7. The predicted molar refractivity (Wildman–Crippen MR) is 237 cm³/mol. The van der Waals surface area contributed by atoms with Crippen LogP contribution in [0.5, 0.6) is 0 Å². The first-order chi connectivity index (χ1) is 28.2. The summed E-state index contributed by atoms with van der Waals surface area (Å²) in [6.45, 7) is 0. The monoisotopic (exact) mass is 728 g/mol. The average molecular weight is 729 g/mol. The molecular formula is C53H32N2O2. The van der Waals surface area contributed by atoms with Crippen LogP contribution in [0.1, 0.15) is 0 Å². The van der Waals surface area contributed by atoms with Crippen LogP contribution in [-0.4, -0.2) is 4.98 Å². The molecule has 12 aromatic rings. The number of rotatable bonds is 5. The minimum atomic E-state index is 0.578. The van der Waals surface area contributed by atoms with E-state index in [1.54, 1.807) is 0 Å². The quantitative estimate of drug-likeness (QED) is 0.166. The molecule has 0 radical (unpaired) electrons. The molecule has 0 aliphatic carbocycles. The zero-order valence-corrected chi connectivity index (χ0v) is 30.7. The van der Waals surface area contributed by atoms with E-state index in [1.807, 2.05) is 30.3 Å². The van der Waals surface area contributed by atoms with E-state index in [9.17, 15) is 0 Å². The summed E-state index contributed by atoms with van der Waals surface area (Å²) in [6.07, 6.45) is 0. The van der Waals surface area contributed by atoms with Gasteiger partial charge in [-0.15, -0.1) is 0 Å². The lowest BCUT2D eigenvalue weighted by atomic mass is 9.96. The minimum absolute atomic E-state index is 0.578. The second kappa shape index (κ2) is 12.4. The topological polar surface area (TPSA) is 42.4 Å². The number of hydrogen-bond acceptors (Lipinski definition) is 4. The number of oxazole rings is 1. The highest BCUT2D eigenvalue weighted by atomic mass is 16.3. The molecule has 266 valence electrons. The van der Waals surface area contributed by atoms with Crippen molar-refractivity contribution >= 4 is 93.2 Å². The Bertz CT molecular complexity index is 3540. The molecule has 0 saturated carbocycles. The molecular weight excluding hydrogens is 697 g/mol. The zero-order valence-electron chi connectivity index (χ0n) is 30.7. The van der Waals surface area contributed by atoms with E-state index in [0.717, 1.165) is 72.0 Å². The van der Waals surface area contributed by atoms with Gasteiger partial charge in [-0.25, -0.2) is 4.98 Å². The molecule has 0 bridgehead atoms. The summed E-state index contributed by atoms with van der Waals surface area (Å²) >= 11 is 0. The molecule has 0 saturated heterocycles. The lowest BCUT2D eigenvalue weighted by molar-refractivity contribution is 0.623. The van der Waals surface area contributed by atoms with Gasteiger partial charge in [-0.05, 0) is 92.0 Å². The molecule has 0 spiro atoms.